The summed E-state index contributed by atoms with van der Waals surface area (Å²) in [4.78, 5) is 41.9. The fraction of sp³-hybridized carbons (Fsp3) is 0.346. The summed E-state index contributed by atoms with van der Waals surface area (Å²) in [6, 6.07) is 17.9. The van der Waals surface area contributed by atoms with Gasteiger partial charge in [-0.2, -0.15) is 0 Å². The molecular weight excluding hydrogens is 388 g/mol. The number of carbonyl (C=O) groups is 3. The molecule has 2 bridgehead atoms. The van der Waals surface area contributed by atoms with Gasteiger partial charge in [-0.3, -0.25) is 19.3 Å². The molecule has 5 nitrogen and oxygen atoms in total. The Morgan fingerprint density at radius 3 is 2.00 bits per heavy atom. The number of nitrogens with zero attached hydrogens (tertiary/aromatic N) is 1. The van der Waals surface area contributed by atoms with Crippen molar-refractivity contribution in [3.63, 3.8) is 0 Å². The molecule has 31 heavy (non-hydrogen) atoms. The van der Waals surface area contributed by atoms with E-state index in [1.54, 1.807) is 0 Å². The number of nitrogens with one attached hydrogen (secondary N) is 1. The molecule has 0 unspecified atom stereocenters. The minimum absolute atomic E-state index is 0.149. The minimum Gasteiger partial charge on any atom is -0.324 e. The summed E-state index contributed by atoms with van der Waals surface area (Å²) in [5.74, 6) is 0.140. The van der Waals surface area contributed by atoms with Gasteiger partial charge in [0.1, 0.15) is 6.04 Å². The van der Waals surface area contributed by atoms with Crippen LogP contribution in [0.5, 0.6) is 0 Å². The fourth-order valence-electron chi connectivity index (χ4n) is 6.17. The number of imide groups is 1. The van der Waals surface area contributed by atoms with E-state index >= 15 is 0 Å². The molecule has 3 amide bonds. The van der Waals surface area contributed by atoms with E-state index in [2.05, 4.69) is 17.5 Å². The third-order valence-corrected chi connectivity index (χ3v) is 7.62. The third-order valence-electron chi connectivity index (χ3n) is 7.62. The van der Waals surface area contributed by atoms with Gasteiger partial charge in [0.15, 0.2) is 0 Å². The Labute approximate surface area is 181 Å². The minimum atomic E-state index is -0.857. The largest absolute Gasteiger partial charge is 0.324 e. The highest BCUT2D eigenvalue weighted by atomic mass is 16.2. The second-order valence-corrected chi connectivity index (χ2v) is 9.26. The number of benzene rings is 2. The molecule has 0 aromatic heterocycles. The van der Waals surface area contributed by atoms with Crippen molar-refractivity contribution in [2.24, 2.45) is 35.5 Å². The van der Waals surface area contributed by atoms with Crippen molar-refractivity contribution in [2.75, 3.05) is 5.32 Å². The van der Waals surface area contributed by atoms with Crippen molar-refractivity contribution in [3.05, 3.63) is 78.4 Å². The predicted molar refractivity (Wildman–Crippen MR) is 116 cm³/mol. The quantitative estimate of drug-likeness (QED) is 0.605. The van der Waals surface area contributed by atoms with E-state index in [0.29, 0.717) is 23.9 Å². The van der Waals surface area contributed by atoms with Gasteiger partial charge < -0.3 is 5.32 Å². The van der Waals surface area contributed by atoms with E-state index in [-0.39, 0.29) is 41.4 Å². The Morgan fingerprint density at radius 1 is 0.871 bits per heavy atom. The second-order valence-electron chi connectivity index (χ2n) is 9.26. The van der Waals surface area contributed by atoms with Crippen LogP contribution in [0, 0.1) is 35.5 Å². The first-order valence-corrected chi connectivity index (χ1v) is 11.1. The number of hydrogen-bond acceptors (Lipinski definition) is 3. The van der Waals surface area contributed by atoms with Gasteiger partial charge in [0, 0.05) is 12.1 Å². The molecule has 1 aliphatic heterocycles. The zero-order valence-electron chi connectivity index (χ0n) is 17.1. The maximum Gasteiger partial charge on any atom is 0.248 e. The maximum atomic E-state index is 13.6. The lowest BCUT2D eigenvalue weighted by Crippen LogP contribution is -2.49. The van der Waals surface area contributed by atoms with Crippen LogP contribution < -0.4 is 5.32 Å². The first-order valence-electron chi connectivity index (χ1n) is 11.1. The van der Waals surface area contributed by atoms with Crippen molar-refractivity contribution in [1.82, 2.24) is 4.90 Å². The average molecular weight is 412 g/mol. The highest BCUT2D eigenvalue weighted by Gasteiger charge is 2.67. The van der Waals surface area contributed by atoms with E-state index in [9.17, 15) is 14.4 Å². The summed E-state index contributed by atoms with van der Waals surface area (Å²) in [6.45, 7) is 0. The summed E-state index contributed by atoms with van der Waals surface area (Å²) in [5.41, 5.74) is 1.58. The first kappa shape index (κ1) is 18.6. The smallest absolute Gasteiger partial charge is 0.248 e. The van der Waals surface area contributed by atoms with E-state index in [1.165, 1.54) is 4.90 Å². The van der Waals surface area contributed by atoms with Gasteiger partial charge in [0.25, 0.3) is 0 Å². The maximum absolute atomic E-state index is 13.6. The van der Waals surface area contributed by atoms with Gasteiger partial charge in [-0.25, -0.2) is 0 Å². The Balaban J connectivity index is 1.34. The lowest BCUT2D eigenvalue weighted by molar-refractivity contribution is -0.146. The number of rotatable bonds is 5. The van der Waals surface area contributed by atoms with Crippen molar-refractivity contribution in [1.29, 1.82) is 0 Å². The van der Waals surface area contributed by atoms with Gasteiger partial charge in [-0.1, -0.05) is 60.7 Å². The van der Waals surface area contributed by atoms with Crippen molar-refractivity contribution in [2.45, 2.75) is 18.9 Å². The number of anilines is 1. The van der Waals surface area contributed by atoms with Gasteiger partial charge >= 0.3 is 0 Å². The number of carbonyl (C=O) groups excluding carboxylic acids is 3. The van der Waals surface area contributed by atoms with Crippen LogP contribution in [0.4, 0.5) is 5.69 Å². The van der Waals surface area contributed by atoms with Crippen LogP contribution in [0.2, 0.25) is 0 Å². The number of likely N-dealkylation sites (tertiary alicyclic amines) is 1. The summed E-state index contributed by atoms with van der Waals surface area (Å²) in [5, 5.41) is 2.92. The van der Waals surface area contributed by atoms with E-state index in [0.717, 1.165) is 12.0 Å². The number of hydrogen-bond donors (Lipinski definition) is 1. The molecule has 0 radical (unpaired) electrons. The Bertz CT molecular complexity index is 1040. The fourth-order valence-corrected chi connectivity index (χ4v) is 6.17. The second kappa shape index (κ2) is 6.91. The molecule has 1 N–H and O–H groups in total. The Hall–Kier alpha value is -3.21. The topological polar surface area (TPSA) is 66.5 Å². The zero-order valence-corrected chi connectivity index (χ0v) is 17.1. The highest BCUT2D eigenvalue weighted by Crippen LogP contribution is 2.65. The van der Waals surface area contributed by atoms with Crippen LogP contribution in [0.1, 0.15) is 12.0 Å². The summed E-state index contributed by atoms with van der Waals surface area (Å²) in [7, 11) is 0. The standard InChI is InChI=1S/C26H24N2O3/c29-24(27-16-9-5-2-6-10-16)21(13-15-7-3-1-4-8-15)28-25(30)22-17-11-12-18(20-14-19(17)20)23(22)26(28)31/h1-12,17-23H,13-14H2,(H,27,29)/t17-,18-,19-,20-,21+,22+,23+/m1/s1. The molecule has 7 atom stereocenters. The highest BCUT2D eigenvalue weighted by molar-refractivity contribution is 6.10. The molecule has 2 saturated carbocycles. The SMILES string of the molecule is O=C(Nc1ccccc1)[C@H](Cc1ccccc1)N1C(=O)[C@H]2[C@@H]3C=C[C@H]([C@H]4C[C@H]34)[C@@H]2C1=O. The number of amides is 3. The summed E-state index contributed by atoms with van der Waals surface area (Å²) < 4.78 is 0. The lowest BCUT2D eigenvalue weighted by Gasteiger charge is -2.37. The molecule has 3 fully saturated rings. The summed E-state index contributed by atoms with van der Waals surface area (Å²) >= 11 is 0. The predicted octanol–water partition coefficient (Wildman–Crippen LogP) is 3.29. The number of para-hydroxylation sites is 1. The van der Waals surface area contributed by atoms with E-state index < -0.39 is 6.04 Å². The van der Waals surface area contributed by atoms with Gasteiger partial charge in [-0.05, 0) is 47.8 Å². The molecular formula is C26H24N2O3. The van der Waals surface area contributed by atoms with Gasteiger partial charge in [-0.15, -0.1) is 0 Å². The van der Waals surface area contributed by atoms with Crippen molar-refractivity contribution >= 4 is 23.4 Å². The molecule has 5 heteroatoms. The van der Waals surface area contributed by atoms with Crippen LogP contribution in [0.15, 0.2) is 72.8 Å². The lowest BCUT2D eigenvalue weighted by atomic mass is 9.63. The molecule has 7 rings (SSSR count). The molecule has 156 valence electrons. The molecule has 1 saturated heterocycles. The van der Waals surface area contributed by atoms with E-state index in [1.807, 2.05) is 60.7 Å². The van der Waals surface area contributed by atoms with Gasteiger partial charge in [0.05, 0.1) is 11.8 Å². The van der Waals surface area contributed by atoms with Gasteiger partial charge in [0.2, 0.25) is 17.7 Å². The Morgan fingerprint density at radius 2 is 1.42 bits per heavy atom. The monoisotopic (exact) mass is 412 g/mol. The van der Waals surface area contributed by atoms with Crippen LogP contribution in [-0.4, -0.2) is 28.7 Å². The van der Waals surface area contributed by atoms with Crippen molar-refractivity contribution in [3.8, 4) is 0 Å². The average Bonchev–Trinajstić information content (AvgIpc) is 3.58. The molecule has 1 heterocycles. The molecule has 4 aliphatic carbocycles. The first-order chi connectivity index (χ1) is 15.1. The Kier molecular flexibility index (Phi) is 4.13. The van der Waals surface area contributed by atoms with Crippen LogP contribution >= 0.6 is 0 Å². The number of allylic oxidation sites excluding steroid dienone is 2. The van der Waals surface area contributed by atoms with Crippen molar-refractivity contribution < 1.29 is 14.4 Å². The summed E-state index contributed by atoms with van der Waals surface area (Å²) in [6.07, 6.45) is 5.75. The normalized spacial score (nSPS) is 33.1. The molecule has 2 aromatic carbocycles. The van der Waals surface area contributed by atoms with Crippen LogP contribution in [-0.2, 0) is 20.8 Å². The molecule has 2 aromatic rings. The van der Waals surface area contributed by atoms with Crippen LogP contribution in [0.3, 0.4) is 0 Å². The molecule has 5 aliphatic rings. The van der Waals surface area contributed by atoms with E-state index in [4.69, 9.17) is 0 Å². The zero-order chi connectivity index (χ0) is 21.1. The molecule has 0 spiro atoms. The van der Waals surface area contributed by atoms with Crippen LogP contribution in [0.25, 0.3) is 0 Å². The third kappa shape index (κ3) is 2.87.